The Morgan fingerprint density at radius 3 is 1.70 bits per heavy atom. The smallest absolute Gasteiger partial charge is 0.462 e. The number of carbonyl (C=O) groups is 2. The van der Waals surface area contributed by atoms with Crippen LogP contribution in [0.5, 0.6) is 0 Å². The zero-order valence-electron chi connectivity index (χ0n) is 34.3. The van der Waals surface area contributed by atoms with E-state index in [1.54, 1.807) is 6.08 Å². The van der Waals surface area contributed by atoms with Gasteiger partial charge in [0.1, 0.15) is 6.61 Å². The summed E-state index contributed by atoms with van der Waals surface area (Å²) < 4.78 is 32.7. The van der Waals surface area contributed by atoms with Gasteiger partial charge in [-0.15, -0.1) is 0 Å². The quantitative estimate of drug-likeness (QED) is 0.0180. The third kappa shape index (κ3) is 38.5. The molecule has 0 radical (unpaired) electrons. The highest BCUT2D eigenvalue weighted by molar-refractivity contribution is 7.47. The molecule has 2 unspecified atom stereocenters. The number of hydrogen-bond donors (Lipinski definition) is 3. The second-order valence-corrected chi connectivity index (χ2v) is 15.8. The van der Waals surface area contributed by atoms with E-state index < -0.39 is 38.6 Å². The Morgan fingerprint density at radius 1 is 0.648 bits per heavy atom. The van der Waals surface area contributed by atoms with E-state index in [0.717, 1.165) is 57.8 Å². The van der Waals surface area contributed by atoms with Gasteiger partial charge in [-0.3, -0.25) is 18.6 Å². The van der Waals surface area contributed by atoms with Gasteiger partial charge in [0.05, 0.1) is 19.3 Å². The van der Waals surface area contributed by atoms with Gasteiger partial charge in [0.15, 0.2) is 6.10 Å². The highest BCUT2D eigenvalue weighted by atomic mass is 31.2. The second-order valence-electron chi connectivity index (χ2n) is 14.4. The molecule has 10 nitrogen and oxygen atoms in total. The molecule has 0 spiro atoms. The van der Waals surface area contributed by atoms with Gasteiger partial charge in [-0.25, -0.2) is 4.57 Å². The molecular formula is C43H80NO9P. The van der Waals surface area contributed by atoms with Crippen molar-refractivity contribution in [3.8, 4) is 0 Å². The maximum Gasteiger partial charge on any atom is 0.472 e. The average molecular weight is 786 g/mol. The van der Waals surface area contributed by atoms with E-state index in [9.17, 15) is 24.2 Å². The predicted octanol–water partition coefficient (Wildman–Crippen LogP) is 11.1. The molecule has 0 saturated heterocycles. The molecule has 11 heteroatoms. The topological polar surface area (TPSA) is 155 Å². The Morgan fingerprint density at radius 2 is 1.17 bits per heavy atom. The first-order valence-corrected chi connectivity index (χ1v) is 23.1. The van der Waals surface area contributed by atoms with E-state index in [0.29, 0.717) is 12.8 Å². The summed E-state index contributed by atoms with van der Waals surface area (Å²) in [6.07, 6.45) is 39.3. The van der Waals surface area contributed by atoms with Crippen molar-refractivity contribution < 1.29 is 42.7 Å². The fourth-order valence-electron chi connectivity index (χ4n) is 5.91. The van der Waals surface area contributed by atoms with Crippen molar-refractivity contribution in [2.75, 3.05) is 26.4 Å². The molecule has 0 aromatic rings. The molecular weight excluding hydrogens is 705 g/mol. The number of esters is 2. The molecule has 0 aliphatic carbocycles. The molecule has 0 rings (SSSR count). The van der Waals surface area contributed by atoms with Gasteiger partial charge >= 0.3 is 19.8 Å². The number of aliphatic hydroxyl groups excluding tert-OH is 1. The zero-order chi connectivity index (χ0) is 39.8. The fraction of sp³-hybridized carbons (Fsp3) is 0.814. The monoisotopic (exact) mass is 786 g/mol. The number of allylic oxidation sites excluding steroid dienone is 4. The summed E-state index contributed by atoms with van der Waals surface area (Å²) >= 11 is 0. The normalized spacial score (nSPS) is 14.2. The second kappa shape index (κ2) is 39.4. The number of phosphoric acid groups is 1. The summed E-state index contributed by atoms with van der Waals surface area (Å²) in [5.74, 6) is -0.877. The van der Waals surface area contributed by atoms with Crippen molar-refractivity contribution in [3.63, 3.8) is 0 Å². The van der Waals surface area contributed by atoms with E-state index >= 15 is 0 Å². The number of rotatable bonds is 40. The summed E-state index contributed by atoms with van der Waals surface area (Å²) in [6, 6.07) is 0. The van der Waals surface area contributed by atoms with Crippen molar-refractivity contribution in [2.24, 2.45) is 5.73 Å². The number of aliphatic hydroxyl groups is 1. The summed E-state index contributed by atoms with van der Waals surface area (Å²) in [7, 11) is -4.39. The van der Waals surface area contributed by atoms with Crippen LogP contribution in [-0.2, 0) is 32.7 Å². The molecule has 0 fully saturated rings. The summed E-state index contributed by atoms with van der Waals surface area (Å²) in [4.78, 5) is 34.8. The highest BCUT2D eigenvalue weighted by Gasteiger charge is 2.26. The molecule has 54 heavy (non-hydrogen) atoms. The largest absolute Gasteiger partial charge is 0.472 e. The lowest BCUT2D eigenvalue weighted by molar-refractivity contribution is -0.161. The Bertz CT molecular complexity index is 1000. The number of hydrogen-bond acceptors (Lipinski definition) is 9. The van der Waals surface area contributed by atoms with Crippen LogP contribution >= 0.6 is 7.82 Å². The van der Waals surface area contributed by atoms with Gasteiger partial charge < -0.3 is 25.2 Å². The molecule has 0 aliphatic rings. The number of carbonyl (C=O) groups excluding carboxylic acids is 2. The standard InChI is InChI=1S/C43H80NO9P/c1-3-5-7-8-9-10-11-12-13-14-15-16-17-20-23-26-30-34-42(46)50-38-41(39-52-54(48,49)51-37-36-44)53-43(47)35-31-27-24-21-18-19-22-25-29-33-40(45)32-28-6-4-2/h6,22,25,28-29,33,40-41,45H,3-5,7-21,23-24,26-27,30-32,34-39,44H2,1-2H3,(H,48,49)/b25-22+,28-6+,33-29+/t40?,41-/m1/s1. The first-order valence-electron chi connectivity index (χ1n) is 21.6. The van der Waals surface area contributed by atoms with Crippen LogP contribution in [0.4, 0.5) is 0 Å². The first-order chi connectivity index (χ1) is 26.2. The van der Waals surface area contributed by atoms with Crippen molar-refractivity contribution in [3.05, 3.63) is 36.5 Å². The minimum absolute atomic E-state index is 0.0415. The van der Waals surface area contributed by atoms with Crippen molar-refractivity contribution in [2.45, 2.75) is 199 Å². The molecule has 4 N–H and O–H groups in total. The molecule has 0 heterocycles. The Hall–Kier alpha value is -1.81. The fourth-order valence-corrected chi connectivity index (χ4v) is 6.67. The van der Waals surface area contributed by atoms with Gasteiger partial charge in [0.2, 0.25) is 0 Å². The SMILES string of the molecule is CC/C=C/CC(O)/C=C/C=C/CCCCCCCC(=O)O[C@H](COC(=O)CCCCCCCCCCCCCCCCCCC)COP(=O)(O)OCCN. The molecule has 0 amide bonds. The van der Waals surface area contributed by atoms with Crippen LogP contribution in [-0.4, -0.2) is 60.5 Å². The predicted molar refractivity (Wildman–Crippen MR) is 221 cm³/mol. The summed E-state index contributed by atoms with van der Waals surface area (Å²) in [5, 5.41) is 9.86. The van der Waals surface area contributed by atoms with Gasteiger partial charge in [-0.1, -0.05) is 172 Å². The Labute approximate surface area is 329 Å². The highest BCUT2D eigenvalue weighted by Crippen LogP contribution is 2.43. The zero-order valence-corrected chi connectivity index (χ0v) is 35.2. The van der Waals surface area contributed by atoms with Crippen molar-refractivity contribution in [1.82, 2.24) is 0 Å². The summed E-state index contributed by atoms with van der Waals surface area (Å²) in [6.45, 7) is 3.49. The number of ether oxygens (including phenoxy) is 2. The number of nitrogens with two attached hydrogens (primary N) is 1. The van der Waals surface area contributed by atoms with E-state index in [4.69, 9.17) is 24.3 Å². The maximum absolute atomic E-state index is 12.6. The van der Waals surface area contributed by atoms with Crippen LogP contribution in [0, 0.1) is 0 Å². The molecule has 3 atom stereocenters. The third-order valence-corrected chi connectivity index (χ3v) is 10.1. The number of unbranched alkanes of at least 4 members (excludes halogenated alkanes) is 21. The Balaban J connectivity index is 4.19. The van der Waals surface area contributed by atoms with Crippen LogP contribution in [0.15, 0.2) is 36.5 Å². The number of phosphoric ester groups is 1. The minimum atomic E-state index is -4.39. The van der Waals surface area contributed by atoms with Crippen LogP contribution in [0.2, 0.25) is 0 Å². The molecule has 0 bridgehead atoms. The molecule has 0 aromatic heterocycles. The minimum Gasteiger partial charge on any atom is -0.462 e. The first kappa shape index (κ1) is 52.2. The maximum atomic E-state index is 12.6. The Kier molecular flexibility index (Phi) is 38.1. The average Bonchev–Trinajstić information content (AvgIpc) is 3.15. The van der Waals surface area contributed by atoms with Crippen LogP contribution in [0.3, 0.4) is 0 Å². The van der Waals surface area contributed by atoms with Gasteiger partial charge in [0, 0.05) is 19.4 Å². The van der Waals surface area contributed by atoms with Gasteiger partial charge in [0.25, 0.3) is 0 Å². The summed E-state index contributed by atoms with van der Waals surface area (Å²) in [5.41, 5.74) is 5.34. The lowest BCUT2D eigenvalue weighted by Gasteiger charge is -2.19. The molecule has 0 saturated carbocycles. The van der Waals surface area contributed by atoms with E-state index in [1.807, 2.05) is 24.3 Å². The van der Waals surface area contributed by atoms with E-state index in [2.05, 4.69) is 19.9 Å². The van der Waals surface area contributed by atoms with E-state index in [1.165, 1.54) is 89.9 Å². The lowest BCUT2D eigenvalue weighted by Crippen LogP contribution is -2.29. The van der Waals surface area contributed by atoms with Crippen LogP contribution in [0.25, 0.3) is 0 Å². The van der Waals surface area contributed by atoms with Crippen LogP contribution in [0.1, 0.15) is 187 Å². The van der Waals surface area contributed by atoms with Crippen molar-refractivity contribution >= 4 is 19.8 Å². The lowest BCUT2D eigenvalue weighted by atomic mass is 10.0. The van der Waals surface area contributed by atoms with Crippen molar-refractivity contribution in [1.29, 1.82) is 0 Å². The van der Waals surface area contributed by atoms with Gasteiger partial charge in [-0.05, 0) is 38.5 Å². The molecule has 0 aromatic carbocycles. The van der Waals surface area contributed by atoms with Gasteiger partial charge in [-0.2, -0.15) is 0 Å². The third-order valence-electron chi connectivity index (χ3n) is 9.12. The molecule has 316 valence electrons. The van der Waals surface area contributed by atoms with Crippen LogP contribution < -0.4 is 5.73 Å². The molecule has 0 aliphatic heterocycles. The van der Waals surface area contributed by atoms with E-state index in [-0.39, 0.29) is 32.6 Å².